The minimum Gasteiger partial charge on any atom is -0.489 e. The molecule has 0 saturated carbocycles. The molecule has 0 aliphatic rings. The van der Waals surface area contributed by atoms with Gasteiger partial charge in [-0.25, -0.2) is 0 Å². The van der Waals surface area contributed by atoms with Crippen LogP contribution in [0.2, 0.25) is 0 Å². The predicted octanol–water partition coefficient (Wildman–Crippen LogP) is 4.21. The molecule has 0 saturated heterocycles. The molecule has 152 valence electrons. The van der Waals surface area contributed by atoms with Crippen molar-refractivity contribution >= 4 is 11.6 Å². The minimum absolute atomic E-state index is 0.0287. The third kappa shape index (κ3) is 4.96. The second-order valence-electron chi connectivity index (χ2n) is 7.34. The first-order chi connectivity index (χ1) is 13.8. The van der Waals surface area contributed by atoms with E-state index >= 15 is 0 Å². The van der Waals surface area contributed by atoms with Gasteiger partial charge in [0.15, 0.2) is 0 Å². The summed E-state index contributed by atoms with van der Waals surface area (Å²) in [5.74, 6) is 1.43. The summed E-state index contributed by atoms with van der Waals surface area (Å²) in [5.41, 5.74) is 4.63. The van der Waals surface area contributed by atoms with Gasteiger partial charge in [0.05, 0.1) is 11.3 Å². The molecule has 2 aromatic carbocycles. The Morgan fingerprint density at radius 3 is 2.21 bits per heavy atom. The summed E-state index contributed by atoms with van der Waals surface area (Å²) in [4.78, 5) is 16.5. The minimum atomic E-state index is -0.0287. The Bertz CT molecular complexity index is 941. The highest BCUT2D eigenvalue weighted by molar-refractivity contribution is 5.94. The van der Waals surface area contributed by atoms with Gasteiger partial charge in [0, 0.05) is 38.9 Å². The molecular weight excluding hydrogens is 366 g/mol. The van der Waals surface area contributed by atoms with E-state index in [0.717, 1.165) is 28.3 Å². The molecule has 3 rings (SSSR count). The van der Waals surface area contributed by atoms with Gasteiger partial charge in [-0.1, -0.05) is 17.3 Å². The van der Waals surface area contributed by atoms with Gasteiger partial charge in [0.2, 0.25) is 0 Å². The molecule has 1 aromatic heterocycles. The molecule has 0 fully saturated rings. The SMILES string of the molecule is Cc1noc(C)c1COc1ccc(C(=O)N(C)Cc2ccc(N(C)C)cc2)cc1. The van der Waals surface area contributed by atoms with E-state index in [-0.39, 0.29) is 5.91 Å². The van der Waals surface area contributed by atoms with Gasteiger partial charge in [-0.15, -0.1) is 0 Å². The zero-order chi connectivity index (χ0) is 21.0. The molecule has 1 heterocycles. The molecule has 6 nitrogen and oxygen atoms in total. The normalized spacial score (nSPS) is 10.7. The number of carbonyl (C=O) groups excluding carboxylic acids is 1. The van der Waals surface area contributed by atoms with Crippen LogP contribution in [-0.2, 0) is 13.2 Å². The molecular formula is C23H27N3O3. The first-order valence-corrected chi connectivity index (χ1v) is 9.51. The summed E-state index contributed by atoms with van der Waals surface area (Å²) in [6, 6.07) is 15.4. The number of carbonyl (C=O) groups is 1. The van der Waals surface area contributed by atoms with Gasteiger partial charge in [0.25, 0.3) is 5.91 Å². The van der Waals surface area contributed by atoms with Crippen LogP contribution in [0.25, 0.3) is 0 Å². The van der Waals surface area contributed by atoms with Crippen LogP contribution in [0.15, 0.2) is 53.1 Å². The lowest BCUT2D eigenvalue weighted by Crippen LogP contribution is -2.26. The maximum atomic E-state index is 12.7. The maximum absolute atomic E-state index is 12.7. The summed E-state index contributed by atoms with van der Waals surface area (Å²) >= 11 is 0. The third-order valence-corrected chi connectivity index (χ3v) is 4.88. The van der Waals surface area contributed by atoms with Crippen molar-refractivity contribution in [1.29, 1.82) is 0 Å². The van der Waals surface area contributed by atoms with Crippen molar-refractivity contribution in [2.45, 2.75) is 27.0 Å². The van der Waals surface area contributed by atoms with Crippen molar-refractivity contribution in [2.24, 2.45) is 0 Å². The Hall–Kier alpha value is -3.28. The standard InChI is InChI=1S/C23H27N3O3/c1-16-22(17(2)29-24-16)15-28-21-12-8-19(9-13-21)23(27)26(5)14-18-6-10-20(11-7-18)25(3)4/h6-13H,14-15H2,1-5H3. The van der Waals surface area contributed by atoms with Gasteiger partial charge in [0.1, 0.15) is 18.1 Å². The van der Waals surface area contributed by atoms with Crippen LogP contribution in [0.1, 0.15) is 32.9 Å². The quantitative estimate of drug-likeness (QED) is 0.602. The number of hydrogen-bond donors (Lipinski definition) is 0. The Morgan fingerprint density at radius 1 is 1.00 bits per heavy atom. The molecule has 0 aliphatic carbocycles. The second-order valence-corrected chi connectivity index (χ2v) is 7.34. The predicted molar refractivity (Wildman–Crippen MR) is 113 cm³/mol. The molecule has 1 amide bonds. The number of aryl methyl sites for hydroxylation is 2. The summed E-state index contributed by atoms with van der Waals surface area (Å²) in [7, 11) is 5.82. The Morgan fingerprint density at radius 2 is 1.66 bits per heavy atom. The molecule has 0 N–H and O–H groups in total. The van der Waals surface area contributed by atoms with E-state index in [4.69, 9.17) is 9.26 Å². The van der Waals surface area contributed by atoms with Gasteiger partial charge in [-0.2, -0.15) is 0 Å². The number of hydrogen-bond acceptors (Lipinski definition) is 5. The molecule has 6 heteroatoms. The number of amides is 1. The average Bonchev–Trinajstić information content (AvgIpc) is 3.04. The Labute approximate surface area is 171 Å². The van der Waals surface area contributed by atoms with Crippen LogP contribution in [0.3, 0.4) is 0 Å². The molecule has 0 bridgehead atoms. The third-order valence-electron chi connectivity index (χ3n) is 4.88. The topological polar surface area (TPSA) is 58.8 Å². The van der Waals surface area contributed by atoms with Crippen molar-refractivity contribution in [3.63, 3.8) is 0 Å². The zero-order valence-electron chi connectivity index (χ0n) is 17.6. The number of ether oxygens (including phenoxy) is 1. The van der Waals surface area contributed by atoms with Crippen LogP contribution >= 0.6 is 0 Å². The number of nitrogens with zero attached hydrogens (tertiary/aromatic N) is 3. The fourth-order valence-corrected chi connectivity index (χ4v) is 3.02. The van der Waals surface area contributed by atoms with Gasteiger partial charge >= 0.3 is 0 Å². The summed E-state index contributed by atoms with van der Waals surface area (Å²) < 4.78 is 10.9. The highest BCUT2D eigenvalue weighted by atomic mass is 16.5. The van der Waals surface area contributed by atoms with E-state index in [1.807, 2.05) is 64.2 Å². The highest BCUT2D eigenvalue weighted by Gasteiger charge is 2.13. The van der Waals surface area contributed by atoms with Crippen LogP contribution in [0.4, 0.5) is 5.69 Å². The second kappa shape index (κ2) is 8.82. The van der Waals surface area contributed by atoms with Crippen LogP contribution < -0.4 is 9.64 Å². The fourth-order valence-electron chi connectivity index (χ4n) is 3.02. The van der Waals surface area contributed by atoms with E-state index in [1.54, 1.807) is 17.0 Å². The van der Waals surface area contributed by atoms with Crippen molar-refractivity contribution < 1.29 is 14.1 Å². The Kier molecular flexibility index (Phi) is 6.22. The number of rotatable bonds is 7. The lowest BCUT2D eigenvalue weighted by atomic mass is 10.1. The molecule has 0 atom stereocenters. The lowest BCUT2D eigenvalue weighted by Gasteiger charge is -2.19. The van der Waals surface area contributed by atoms with E-state index in [9.17, 15) is 4.79 Å². The molecule has 0 aliphatic heterocycles. The first kappa shape index (κ1) is 20.5. The van der Waals surface area contributed by atoms with Crippen molar-refractivity contribution in [3.8, 4) is 5.75 Å². The van der Waals surface area contributed by atoms with Crippen molar-refractivity contribution in [3.05, 3.63) is 76.7 Å². The van der Waals surface area contributed by atoms with Crippen LogP contribution in [0.5, 0.6) is 5.75 Å². The van der Waals surface area contributed by atoms with Crippen molar-refractivity contribution in [1.82, 2.24) is 10.1 Å². The molecule has 29 heavy (non-hydrogen) atoms. The summed E-state index contributed by atoms with van der Waals surface area (Å²) in [6.45, 7) is 4.69. The van der Waals surface area contributed by atoms with Gasteiger partial charge < -0.3 is 19.1 Å². The monoisotopic (exact) mass is 393 g/mol. The average molecular weight is 393 g/mol. The lowest BCUT2D eigenvalue weighted by molar-refractivity contribution is 0.0785. The summed E-state index contributed by atoms with van der Waals surface area (Å²) in [5, 5.41) is 3.93. The zero-order valence-corrected chi connectivity index (χ0v) is 17.6. The largest absolute Gasteiger partial charge is 0.489 e. The van der Waals surface area contributed by atoms with E-state index in [2.05, 4.69) is 17.3 Å². The highest BCUT2D eigenvalue weighted by Crippen LogP contribution is 2.19. The molecule has 0 spiro atoms. The first-order valence-electron chi connectivity index (χ1n) is 9.51. The smallest absolute Gasteiger partial charge is 0.253 e. The number of benzene rings is 2. The molecule has 3 aromatic rings. The van der Waals surface area contributed by atoms with Gasteiger partial charge in [-0.05, 0) is 55.8 Å². The van der Waals surface area contributed by atoms with E-state index < -0.39 is 0 Å². The van der Waals surface area contributed by atoms with Crippen molar-refractivity contribution in [2.75, 3.05) is 26.0 Å². The number of aromatic nitrogens is 1. The van der Waals surface area contributed by atoms with E-state index in [1.165, 1.54) is 0 Å². The Balaban J connectivity index is 1.59. The fraction of sp³-hybridized carbons (Fsp3) is 0.304. The maximum Gasteiger partial charge on any atom is 0.253 e. The molecule has 0 unspecified atom stereocenters. The summed E-state index contributed by atoms with van der Waals surface area (Å²) in [6.07, 6.45) is 0. The van der Waals surface area contributed by atoms with Crippen LogP contribution in [0, 0.1) is 13.8 Å². The number of anilines is 1. The molecule has 0 radical (unpaired) electrons. The van der Waals surface area contributed by atoms with Gasteiger partial charge in [-0.3, -0.25) is 4.79 Å². The van der Waals surface area contributed by atoms with E-state index in [0.29, 0.717) is 24.5 Å². The van der Waals surface area contributed by atoms with Crippen LogP contribution in [-0.4, -0.2) is 37.1 Å².